The number of carbonyl (C=O) groups is 1. The Bertz CT molecular complexity index is 431. The molecule has 0 aliphatic heterocycles. The second-order valence-corrected chi connectivity index (χ2v) is 2.52. The van der Waals surface area contributed by atoms with E-state index in [9.17, 15) is 4.79 Å². The van der Waals surface area contributed by atoms with Crippen molar-refractivity contribution in [3.63, 3.8) is 0 Å². The number of pyridine rings is 1. The van der Waals surface area contributed by atoms with E-state index in [1.165, 1.54) is 0 Å². The number of hydrogen-bond donors (Lipinski definition) is 1. The van der Waals surface area contributed by atoms with Crippen LogP contribution in [0.5, 0.6) is 0 Å². The molecule has 0 radical (unpaired) electrons. The normalized spacial score (nSPS) is 10.3. The Balaban J connectivity index is 2.79. The summed E-state index contributed by atoms with van der Waals surface area (Å²) < 4.78 is 1.64. The molecule has 0 saturated heterocycles. The Morgan fingerprint density at radius 1 is 1.25 bits per heavy atom. The quantitative estimate of drug-likeness (QED) is 0.690. The van der Waals surface area contributed by atoms with E-state index in [0.717, 1.165) is 5.52 Å². The molecule has 0 fully saturated rings. The van der Waals surface area contributed by atoms with Gasteiger partial charge in [-0.25, -0.2) is 4.79 Å². The maximum Gasteiger partial charge on any atom is 0.352 e. The topological polar surface area (TPSA) is 41.7 Å². The van der Waals surface area contributed by atoms with Crippen molar-refractivity contribution in [3.8, 4) is 0 Å². The molecule has 0 spiro atoms. The third-order valence-corrected chi connectivity index (χ3v) is 1.78. The molecule has 0 aliphatic carbocycles. The predicted molar refractivity (Wildman–Crippen MR) is 44.4 cm³/mol. The van der Waals surface area contributed by atoms with E-state index in [1.807, 2.05) is 12.1 Å². The molecule has 2 aromatic rings. The van der Waals surface area contributed by atoms with Gasteiger partial charge in [0.25, 0.3) is 0 Å². The van der Waals surface area contributed by atoms with Gasteiger partial charge in [0.2, 0.25) is 0 Å². The standard InChI is InChI=1S/C9H7NO2/c11-9(12)8-5-4-7-3-1-2-6-10(7)8/h1-6H,(H,11,12). The van der Waals surface area contributed by atoms with Crippen LogP contribution in [0.2, 0.25) is 0 Å². The molecular formula is C9H7NO2. The minimum absolute atomic E-state index is 0.297. The molecule has 2 rings (SSSR count). The molecule has 0 saturated carbocycles. The summed E-state index contributed by atoms with van der Waals surface area (Å²) >= 11 is 0. The largest absolute Gasteiger partial charge is 0.477 e. The van der Waals surface area contributed by atoms with Crippen molar-refractivity contribution < 1.29 is 9.90 Å². The first-order valence-corrected chi connectivity index (χ1v) is 3.58. The molecule has 2 aromatic heterocycles. The Hall–Kier alpha value is -1.77. The van der Waals surface area contributed by atoms with Gasteiger partial charge in [0.05, 0.1) is 0 Å². The highest BCUT2D eigenvalue weighted by Gasteiger charge is 2.06. The van der Waals surface area contributed by atoms with Crippen LogP contribution in [0.3, 0.4) is 0 Å². The second kappa shape index (κ2) is 2.37. The lowest BCUT2D eigenvalue weighted by Crippen LogP contribution is -2.00. The highest BCUT2D eigenvalue weighted by molar-refractivity contribution is 5.87. The van der Waals surface area contributed by atoms with Crippen LogP contribution in [0, 0.1) is 0 Å². The number of rotatable bonds is 1. The summed E-state index contributed by atoms with van der Waals surface area (Å²) in [5.41, 5.74) is 1.19. The van der Waals surface area contributed by atoms with Gasteiger partial charge >= 0.3 is 5.97 Å². The third kappa shape index (κ3) is 0.871. The molecule has 12 heavy (non-hydrogen) atoms. The molecule has 3 nitrogen and oxygen atoms in total. The molecule has 0 atom stereocenters. The zero-order valence-corrected chi connectivity index (χ0v) is 6.27. The first-order valence-electron chi connectivity index (χ1n) is 3.58. The number of carboxylic acid groups (broad SMARTS) is 1. The van der Waals surface area contributed by atoms with Crippen molar-refractivity contribution in [2.24, 2.45) is 0 Å². The number of fused-ring (bicyclic) bond motifs is 1. The molecule has 0 bridgehead atoms. The zero-order chi connectivity index (χ0) is 8.55. The smallest absolute Gasteiger partial charge is 0.352 e. The molecule has 0 aliphatic rings. The third-order valence-electron chi connectivity index (χ3n) is 1.78. The molecule has 3 heteroatoms. The van der Waals surface area contributed by atoms with Gasteiger partial charge in [-0.05, 0) is 24.3 Å². The van der Waals surface area contributed by atoms with E-state index in [-0.39, 0.29) is 0 Å². The van der Waals surface area contributed by atoms with Crippen molar-refractivity contribution >= 4 is 11.5 Å². The number of nitrogens with zero attached hydrogens (tertiary/aromatic N) is 1. The molecule has 0 unspecified atom stereocenters. The Labute approximate surface area is 68.9 Å². The van der Waals surface area contributed by atoms with E-state index in [1.54, 1.807) is 28.8 Å². The number of aromatic carboxylic acids is 1. The number of aromatic nitrogens is 1. The average molecular weight is 161 g/mol. The summed E-state index contributed by atoms with van der Waals surface area (Å²) in [6, 6.07) is 8.92. The van der Waals surface area contributed by atoms with E-state index in [0.29, 0.717) is 5.69 Å². The van der Waals surface area contributed by atoms with Crippen LogP contribution < -0.4 is 0 Å². The molecular weight excluding hydrogens is 154 g/mol. The number of carboxylic acids is 1. The molecule has 0 amide bonds. The fourth-order valence-electron chi connectivity index (χ4n) is 1.23. The maximum absolute atomic E-state index is 10.7. The van der Waals surface area contributed by atoms with Crippen LogP contribution in [0.25, 0.3) is 5.52 Å². The van der Waals surface area contributed by atoms with Gasteiger partial charge in [-0.2, -0.15) is 0 Å². The SMILES string of the molecule is O=C(O)c1ccc2ccccn12. The van der Waals surface area contributed by atoms with Crippen LogP contribution in [0.15, 0.2) is 36.5 Å². The van der Waals surface area contributed by atoms with Crippen molar-refractivity contribution in [2.75, 3.05) is 0 Å². The van der Waals surface area contributed by atoms with E-state index in [2.05, 4.69) is 0 Å². The lowest BCUT2D eigenvalue weighted by molar-refractivity contribution is 0.0689. The highest BCUT2D eigenvalue weighted by atomic mass is 16.4. The van der Waals surface area contributed by atoms with Crippen LogP contribution in [-0.2, 0) is 0 Å². The summed E-state index contributed by atoms with van der Waals surface area (Å²) in [6.07, 6.45) is 1.73. The summed E-state index contributed by atoms with van der Waals surface area (Å²) in [4.78, 5) is 10.7. The Morgan fingerprint density at radius 2 is 2.08 bits per heavy atom. The predicted octanol–water partition coefficient (Wildman–Crippen LogP) is 1.64. The van der Waals surface area contributed by atoms with Crippen molar-refractivity contribution in [1.29, 1.82) is 0 Å². The van der Waals surface area contributed by atoms with E-state index in [4.69, 9.17) is 5.11 Å². The Kier molecular flexibility index (Phi) is 1.37. The van der Waals surface area contributed by atoms with Crippen LogP contribution in [0.4, 0.5) is 0 Å². The summed E-state index contributed by atoms with van der Waals surface area (Å²) in [7, 11) is 0. The Morgan fingerprint density at radius 3 is 2.83 bits per heavy atom. The van der Waals surface area contributed by atoms with Gasteiger partial charge in [-0.3, -0.25) is 0 Å². The van der Waals surface area contributed by atoms with Crippen LogP contribution in [-0.4, -0.2) is 15.5 Å². The summed E-state index contributed by atoms with van der Waals surface area (Å²) in [5, 5.41) is 8.75. The highest BCUT2D eigenvalue weighted by Crippen LogP contribution is 2.08. The minimum atomic E-state index is -0.902. The fraction of sp³-hybridized carbons (Fsp3) is 0. The van der Waals surface area contributed by atoms with Gasteiger partial charge < -0.3 is 9.51 Å². The first-order chi connectivity index (χ1) is 5.79. The molecule has 0 aromatic carbocycles. The van der Waals surface area contributed by atoms with Crippen molar-refractivity contribution in [2.45, 2.75) is 0 Å². The van der Waals surface area contributed by atoms with Gasteiger partial charge in [-0.15, -0.1) is 0 Å². The lowest BCUT2D eigenvalue weighted by atomic mass is 10.4. The number of hydrogen-bond acceptors (Lipinski definition) is 1. The average Bonchev–Trinajstić information content (AvgIpc) is 2.47. The van der Waals surface area contributed by atoms with Gasteiger partial charge in [0.1, 0.15) is 5.69 Å². The monoisotopic (exact) mass is 161 g/mol. The molecule has 1 N–H and O–H groups in total. The van der Waals surface area contributed by atoms with Gasteiger partial charge in [0, 0.05) is 11.7 Å². The minimum Gasteiger partial charge on any atom is -0.477 e. The zero-order valence-electron chi connectivity index (χ0n) is 6.27. The van der Waals surface area contributed by atoms with E-state index >= 15 is 0 Å². The van der Waals surface area contributed by atoms with Crippen molar-refractivity contribution in [3.05, 3.63) is 42.2 Å². The lowest BCUT2D eigenvalue weighted by Gasteiger charge is -1.95. The van der Waals surface area contributed by atoms with Crippen molar-refractivity contribution in [1.82, 2.24) is 4.40 Å². The first kappa shape index (κ1) is 6.91. The van der Waals surface area contributed by atoms with Gasteiger partial charge in [-0.1, -0.05) is 6.07 Å². The summed E-state index contributed by atoms with van der Waals surface area (Å²) in [6.45, 7) is 0. The second-order valence-electron chi connectivity index (χ2n) is 2.52. The maximum atomic E-state index is 10.7. The molecule has 2 heterocycles. The van der Waals surface area contributed by atoms with E-state index < -0.39 is 5.97 Å². The van der Waals surface area contributed by atoms with Crippen LogP contribution in [0.1, 0.15) is 10.5 Å². The fourth-order valence-corrected chi connectivity index (χ4v) is 1.23. The van der Waals surface area contributed by atoms with Crippen LogP contribution >= 0.6 is 0 Å². The summed E-state index contributed by atoms with van der Waals surface area (Å²) in [5.74, 6) is -0.902. The van der Waals surface area contributed by atoms with Gasteiger partial charge in [0.15, 0.2) is 0 Å². The molecule has 60 valence electrons.